The van der Waals surface area contributed by atoms with Crippen molar-refractivity contribution in [2.75, 3.05) is 32.7 Å². The van der Waals surface area contributed by atoms with Crippen molar-refractivity contribution in [3.05, 3.63) is 46.7 Å². The van der Waals surface area contributed by atoms with Gasteiger partial charge < -0.3 is 9.80 Å². The summed E-state index contributed by atoms with van der Waals surface area (Å²) in [5, 5.41) is 3.94. The summed E-state index contributed by atoms with van der Waals surface area (Å²) in [5.41, 5.74) is -1.48. The summed E-state index contributed by atoms with van der Waals surface area (Å²) >= 11 is 6.02. The fraction of sp³-hybridized carbons (Fsp3) is 0.412. The highest BCUT2D eigenvalue weighted by Gasteiger charge is 2.42. The van der Waals surface area contributed by atoms with Crippen LogP contribution in [0.25, 0.3) is 5.69 Å². The topological polar surface area (TPSA) is 41.4 Å². The predicted octanol–water partition coefficient (Wildman–Crippen LogP) is 3.32. The quantitative estimate of drug-likeness (QED) is 0.812. The van der Waals surface area contributed by atoms with Gasteiger partial charge in [0.15, 0.2) is 5.69 Å². The molecule has 1 fully saturated rings. The zero-order valence-corrected chi connectivity index (χ0v) is 14.9. The molecule has 0 bridgehead atoms. The van der Waals surface area contributed by atoms with Gasteiger partial charge in [-0.25, -0.2) is 4.68 Å². The lowest BCUT2D eigenvalue weighted by Crippen LogP contribution is -2.48. The van der Waals surface area contributed by atoms with E-state index in [1.54, 1.807) is 12.1 Å². The lowest BCUT2D eigenvalue weighted by atomic mass is 10.2. The molecule has 0 atom stereocenters. The summed E-state index contributed by atoms with van der Waals surface area (Å²) in [6, 6.07) is 6.08. The van der Waals surface area contributed by atoms with Crippen molar-refractivity contribution < 1.29 is 18.0 Å². The van der Waals surface area contributed by atoms with Crippen LogP contribution in [0.2, 0.25) is 5.02 Å². The van der Waals surface area contributed by atoms with E-state index < -0.39 is 23.3 Å². The molecule has 1 aliphatic heterocycles. The highest BCUT2D eigenvalue weighted by atomic mass is 35.5. The van der Waals surface area contributed by atoms with Gasteiger partial charge in [0, 0.05) is 26.2 Å². The van der Waals surface area contributed by atoms with Gasteiger partial charge in [0.1, 0.15) is 0 Å². The number of nitrogens with zero attached hydrogens (tertiary/aromatic N) is 4. The van der Waals surface area contributed by atoms with Gasteiger partial charge in [0.05, 0.1) is 22.5 Å². The summed E-state index contributed by atoms with van der Waals surface area (Å²) in [5.74, 6) is -0.661. The standard InChI is InChI=1S/C17H18ClF3N4O/c1-2-23-7-9-24(10-8-23)16(26)12-11-22-25(15(12)17(19,20)21)14-6-4-3-5-13(14)18/h3-6,11H,2,7-10H2,1H3. The van der Waals surface area contributed by atoms with Crippen LogP contribution in [0, 0.1) is 0 Å². The van der Waals surface area contributed by atoms with Gasteiger partial charge in [0.2, 0.25) is 0 Å². The van der Waals surface area contributed by atoms with E-state index in [0.29, 0.717) is 30.9 Å². The number of alkyl halides is 3. The second-order valence-corrected chi connectivity index (χ2v) is 6.40. The first-order chi connectivity index (χ1) is 12.3. The van der Waals surface area contributed by atoms with Crippen molar-refractivity contribution in [2.24, 2.45) is 0 Å². The van der Waals surface area contributed by atoms with Gasteiger partial charge in [0.25, 0.3) is 5.91 Å². The maximum Gasteiger partial charge on any atom is 0.434 e. The Bertz CT molecular complexity index is 798. The van der Waals surface area contributed by atoms with Crippen molar-refractivity contribution >= 4 is 17.5 Å². The van der Waals surface area contributed by atoms with Gasteiger partial charge in [-0.1, -0.05) is 30.7 Å². The predicted molar refractivity (Wildman–Crippen MR) is 91.6 cm³/mol. The van der Waals surface area contributed by atoms with Crippen LogP contribution in [-0.2, 0) is 6.18 Å². The Kier molecular flexibility index (Phi) is 5.24. The van der Waals surface area contributed by atoms with Crippen LogP contribution in [0.3, 0.4) is 0 Å². The minimum Gasteiger partial charge on any atom is -0.336 e. The van der Waals surface area contributed by atoms with Crippen LogP contribution < -0.4 is 0 Å². The van der Waals surface area contributed by atoms with Gasteiger partial charge in [-0.2, -0.15) is 18.3 Å². The minimum absolute atomic E-state index is 0.0799. The highest BCUT2D eigenvalue weighted by molar-refractivity contribution is 6.32. The Labute approximate surface area is 153 Å². The van der Waals surface area contributed by atoms with Crippen molar-refractivity contribution in [1.29, 1.82) is 0 Å². The molecule has 0 N–H and O–H groups in total. The number of para-hydroxylation sites is 1. The zero-order valence-electron chi connectivity index (χ0n) is 14.1. The Morgan fingerprint density at radius 1 is 1.19 bits per heavy atom. The molecule has 1 saturated heterocycles. The first-order valence-corrected chi connectivity index (χ1v) is 8.62. The number of piperazine rings is 1. The third-order valence-corrected chi connectivity index (χ3v) is 4.78. The van der Waals surface area contributed by atoms with Gasteiger partial charge in [-0.15, -0.1) is 0 Å². The number of aromatic nitrogens is 2. The van der Waals surface area contributed by atoms with E-state index in [9.17, 15) is 18.0 Å². The lowest BCUT2D eigenvalue weighted by Gasteiger charge is -2.34. The van der Waals surface area contributed by atoms with Crippen LogP contribution in [-0.4, -0.2) is 58.2 Å². The number of carbonyl (C=O) groups is 1. The Balaban J connectivity index is 1.98. The van der Waals surface area contributed by atoms with Gasteiger partial charge in [-0.3, -0.25) is 4.79 Å². The van der Waals surface area contributed by atoms with E-state index in [2.05, 4.69) is 10.00 Å². The van der Waals surface area contributed by atoms with E-state index >= 15 is 0 Å². The molecule has 0 aliphatic carbocycles. The zero-order chi connectivity index (χ0) is 18.9. The minimum atomic E-state index is -4.74. The van der Waals surface area contributed by atoms with Crippen LogP contribution in [0.4, 0.5) is 13.2 Å². The molecule has 0 radical (unpaired) electrons. The molecular formula is C17H18ClF3N4O. The summed E-state index contributed by atoms with van der Waals surface area (Å²) in [4.78, 5) is 16.3. The molecule has 2 aromatic rings. The number of benzene rings is 1. The third kappa shape index (κ3) is 3.57. The van der Waals surface area contributed by atoms with Crippen LogP contribution in [0.15, 0.2) is 30.5 Å². The molecule has 9 heteroatoms. The maximum absolute atomic E-state index is 13.7. The summed E-state index contributed by atoms with van der Waals surface area (Å²) < 4.78 is 41.9. The van der Waals surface area contributed by atoms with Crippen molar-refractivity contribution in [1.82, 2.24) is 19.6 Å². The Morgan fingerprint density at radius 3 is 2.42 bits per heavy atom. The van der Waals surface area contributed by atoms with E-state index in [1.807, 2.05) is 6.92 Å². The largest absolute Gasteiger partial charge is 0.434 e. The van der Waals surface area contributed by atoms with Crippen LogP contribution in [0.1, 0.15) is 23.0 Å². The number of halogens is 4. The molecule has 0 saturated carbocycles. The molecule has 0 unspecified atom stereocenters. The van der Waals surface area contributed by atoms with Crippen LogP contribution in [0.5, 0.6) is 0 Å². The smallest absolute Gasteiger partial charge is 0.336 e. The Morgan fingerprint density at radius 2 is 1.85 bits per heavy atom. The average Bonchev–Trinajstić information content (AvgIpc) is 3.07. The summed E-state index contributed by atoms with van der Waals surface area (Å²) in [6.07, 6.45) is -3.77. The number of carbonyl (C=O) groups excluding carboxylic acids is 1. The highest BCUT2D eigenvalue weighted by Crippen LogP contribution is 2.35. The van der Waals surface area contributed by atoms with E-state index in [0.717, 1.165) is 12.7 Å². The van der Waals surface area contributed by atoms with Gasteiger partial charge in [-0.05, 0) is 18.7 Å². The first-order valence-electron chi connectivity index (χ1n) is 8.24. The van der Waals surface area contributed by atoms with Crippen molar-refractivity contribution in [2.45, 2.75) is 13.1 Å². The molecule has 140 valence electrons. The first kappa shape index (κ1) is 18.7. The maximum atomic E-state index is 13.7. The molecule has 0 spiro atoms. The number of hydrogen-bond acceptors (Lipinski definition) is 3. The number of amides is 1. The van der Waals surface area contributed by atoms with E-state index in [1.165, 1.54) is 17.0 Å². The van der Waals surface area contributed by atoms with E-state index in [4.69, 9.17) is 11.6 Å². The number of hydrogen-bond donors (Lipinski definition) is 0. The molecular weight excluding hydrogens is 369 g/mol. The molecule has 2 heterocycles. The number of likely N-dealkylation sites (N-methyl/N-ethyl adjacent to an activating group) is 1. The molecule has 1 aromatic heterocycles. The molecule has 1 aliphatic rings. The van der Waals surface area contributed by atoms with Gasteiger partial charge >= 0.3 is 6.18 Å². The third-order valence-electron chi connectivity index (χ3n) is 4.46. The molecule has 1 aromatic carbocycles. The molecule has 26 heavy (non-hydrogen) atoms. The van der Waals surface area contributed by atoms with Crippen molar-refractivity contribution in [3.8, 4) is 5.69 Å². The second-order valence-electron chi connectivity index (χ2n) is 5.99. The fourth-order valence-corrected chi connectivity index (χ4v) is 3.24. The summed E-state index contributed by atoms with van der Waals surface area (Å²) in [6.45, 7) is 4.92. The molecule has 5 nitrogen and oxygen atoms in total. The monoisotopic (exact) mass is 386 g/mol. The average molecular weight is 387 g/mol. The molecule has 3 rings (SSSR count). The molecule has 1 amide bonds. The van der Waals surface area contributed by atoms with E-state index in [-0.39, 0.29) is 10.7 Å². The van der Waals surface area contributed by atoms with Crippen LogP contribution >= 0.6 is 11.6 Å². The summed E-state index contributed by atoms with van der Waals surface area (Å²) in [7, 11) is 0. The normalized spacial score (nSPS) is 16.1. The lowest BCUT2D eigenvalue weighted by molar-refractivity contribution is -0.143. The SMILES string of the molecule is CCN1CCN(C(=O)c2cnn(-c3ccccc3Cl)c2C(F)(F)F)CC1. The Hall–Kier alpha value is -2.06. The number of rotatable bonds is 3. The second kappa shape index (κ2) is 7.28. The van der Waals surface area contributed by atoms with Crippen molar-refractivity contribution in [3.63, 3.8) is 0 Å². The fourth-order valence-electron chi connectivity index (χ4n) is 3.02.